The van der Waals surface area contributed by atoms with Crippen LogP contribution in [0.3, 0.4) is 0 Å². The second-order valence-electron chi connectivity index (χ2n) is 4.45. The molecule has 0 fully saturated rings. The first kappa shape index (κ1) is 14.6. The third kappa shape index (κ3) is 2.68. The van der Waals surface area contributed by atoms with Gasteiger partial charge in [-0.3, -0.25) is 0 Å². The van der Waals surface area contributed by atoms with Gasteiger partial charge in [0.05, 0.1) is 16.4 Å². The van der Waals surface area contributed by atoms with Gasteiger partial charge in [-0.05, 0) is 30.3 Å². The topological polar surface area (TPSA) is 68.0 Å². The van der Waals surface area contributed by atoms with Crippen molar-refractivity contribution < 1.29 is 9.90 Å². The number of aromatic carboxylic acids is 1. The Kier molecular flexibility index (Phi) is 3.83. The van der Waals surface area contributed by atoms with Gasteiger partial charge in [-0.15, -0.1) is 0 Å². The van der Waals surface area contributed by atoms with E-state index in [1.54, 1.807) is 36.4 Å². The third-order valence-electron chi connectivity index (χ3n) is 3.03. The number of carbonyl (C=O) groups is 1. The first-order valence-corrected chi connectivity index (χ1v) is 7.02. The van der Waals surface area contributed by atoms with Gasteiger partial charge in [0.2, 0.25) is 0 Å². The average molecular weight is 334 g/mol. The van der Waals surface area contributed by atoms with Gasteiger partial charge in [-0.2, -0.15) is 5.10 Å². The van der Waals surface area contributed by atoms with Crippen molar-refractivity contribution in [2.75, 3.05) is 0 Å². The van der Waals surface area contributed by atoms with Crippen molar-refractivity contribution in [3.05, 3.63) is 64.5 Å². The highest BCUT2D eigenvalue weighted by molar-refractivity contribution is 6.32. The number of halogens is 2. The minimum absolute atomic E-state index is 0.0102. The van der Waals surface area contributed by atoms with Gasteiger partial charge in [0, 0.05) is 11.8 Å². The smallest absolute Gasteiger partial charge is 0.354 e. The van der Waals surface area contributed by atoms with Crippen molar-refractivity contribution in [1.82, 2.24) is 14.8 Å². The molecule has 0 bridgehead atoms. The summed E-state index contributed by atoms with van der Waals surface area (Å²) in [6.07, 6.45) is 1.53. The number of carboxylic acids is 1. The van der Waals surface area contributed by atoms with Crippen LogP contribution < -0.4 is 0 Å². The number of aromatic nitrogens is 3. The highest BCUT2D eigenvalue weighted by Crippen LogP contribution is 2.26. The van der Waals surface area contributed by atoms with E-state index < -0.39 is 5.97 Å². The number of hydrogen-bond donors (Lipinski definition) is 1. The van der Waals surface area contributed by atoms with Crippen LogP contribution in [0, 0.1) is 0 Å². The predicted molar refractivity (Wildman–Crippen MR) is 83.8 cm³/mol. The van der Waals surface area contributed by atoms with Crippen LogP contribution >= 0.6 is 23.2 Å². The molecular formula is C15H9Cl2N3O2. The molecule has 3 aromatic rings. The van der Waals surface area contributed by atoms with Crippen LogP contribution in [0.1, 0.15) is 10.5 Å². The van der Waals surface area contributed by atoms with Crippen LogP contribution in [0.2, 0.25) is 10.2 Å². The number of nitrogens with zero attached hydrogens (tertiary/aromatic N) is 3. The predicted octanol–water partition coefficient (Wildman–Crippen LogP) is 3.94. The molecule has 0 aliphatic rings. The number of benzene rings is 1. The van der Waals surface area contributed by atoms with E-state index in [2.05, 4.69) is 10.1 Å². The molecule has 3 rings (SSSR count). The third-order valence-corrected chi connectivity index (χ3v) is 3.56. The van der Waals surface area contributed by atoms with Gasteiger partial charge >= 0.3 is 5.97 Å². The Morgan fingerprint density at radius 2 is 1.91 bits per heavy atom. The Hall–Kier alpha value is -2.37. The Bertz CT molecular complexity index is 861. The second kappa shape index (κ2) is 5.79. The lowest BCUT2D eigenvalue weighted by Gasteiger charge is -2.06. The maximum Gasteiger partial charge on any atom is 0.354 e. The molecule has 2 heterocycles. The van der Waals surface area contributed by atoms with E-state index in [0.29, 0.717) is 27.1 Å². The number of carboxylic acid groups (broad SMARTS) is 1. The van der Waals surface area contributed by atoms with Gasteiger partial charge in [-0.25, -0.2) is 14.5 Å². The van der Waals surface area contributed by atoms with Crippen LogP contribution in [0.25, 0.3) is 16.9 Å². The summed E-state index contributed by atoms with van der Waals surface area (Å²) < 4.78 is 1.30. The quantitative estimate of drug-likeness (QED) is 0.737. The molecule has 0 unspecified atom stereocenters. The highest BCUT2D eigenvalue weighted by atomic mass is 35.5. The Labute approximate surface area is 135 Å². The van der Waals surface area contributed by atoms with E-state index in [9.17, 15) is 9.90 Å². The second-order valence-corrected chi connectivity index (χ2v) is 5.24. The normalized spacial score (nSPS) is 10.6. The van der Waals surface area contributed by atoms with Crippen molar-refractivity contribution in [1.29, 1.82) is 0 Å². The maximum atomic E-state index is 11.5. The molecule has 7 heteroatoms. The van der Waals surface area contributed by atoms with E-state index in [1.165, 1.54) is 16.9 Å². The van der Waals surface area contributed by atoms with Gasteiger partial charge in [0.1, 0.15) is 5.15 Å². The SMILES string of the molecule is O=C(O)c1cc(-c2ccnc(Cl)c2)nn1-c1ccccc1Cl. The number of para-hydroxylation sites is 1. The Balaban J connectivity index is 2.19. The fraction of sp³-hybridized carbons (Fsp3) is 0. The molecular weight excluding hydrogens is 325 g/mol. The molecule has 1 aromatic carbocycles. The molecule has 0 spiro atoms. The van der Waals surface area contributed by atoms with Crippen molar-refractivity contribution in [2.24, 2.45) is 0 Å². The summed E-state index contributed by atoms with van der Waals surface area (Å²) in [5.74, 6) is -1.10. The molecule has 0 atom stereocenters. The Morgan fingerprint density at radius 3 is 2.59 bits per heavy atom. The molecule has 0 saturated carbocycles. The van der Waals surface area contributed by atoms with Crippen LogP contribution in [0.15, 0.2) is 48.7 Å². The van der Waals surface area contributed by atoms with E-state index in [0.717, 1.165) is 0 Å². The molecule has 0 radical (unpaired) electrons. The van der Waals surface area contributed by atoms with E-state index in [-0.39, 0.29) is 5.69 Å². The van der Waals surface area contributed by atoms with Gasteiger partial charge in [-0.1, -0.05) is 35.3 Å². The lowest BCUT2D eigenvalue weighted by atomic mass is 10.2. The van der Waals surface area contributed by atoms with Crippen molar-refractivity contribution in [3.8, 4) is 16.9 Å². The summed E-state index contributed by atoms with van der Waals surface area (Å²) in [6, 6.07) is 11.7. The summed E-state index contributed by atoms with van der Waals surface area (Å²) in [6.45, 7) is 0. The van der Waals surface area contributed by atoms with E-state index >= 15 is 0 Å². The highest BCUT2D eigenvalue weighted by Gasteiger charge is 2.18. The molecule has 1 N–H and O–H groups in total. The summed E-state index contributed by atoms with van der Waals surface area (Å²) in [4.78, 5) is 15.4. The van der Waals surface area contributed by atoms with Crippen molar-refractivity contribution in [3.63, 3.8) is 0 Å². The minimum atomic E-state index is -1.10. The zero-order valence-electron chi connectivity index (χ0n) is 11.1. The number of hydrogen-bond acceptors (Lipinski definition) is 3. The summed E-state index contributed by atoms with van der Waals surface area (Å²) in [5.41, 5.74) is 1.65. The molecule has 0 aliphatic carbocycles. The van der Waals surface area contributed by atoms with Gasteiger partial charge in [0.15, 0.2) is 5.69 Å². The zero-order chi connectivity index (χ0) is 15.7. The lowest BCUT2D eigenvalue weighted by molar-refractivity contribution is 0.0687. The van der Waals surface area contributed by atoms with Crippen LogP contribution in [0.5, 0.6) is 0 Å². The fourth-order valence-electron chi connectivity index (χ4n) is 2.04. The summed E-state index contributed by atoms with van der Waals surface area (Å²) >= 11 is 12.0. The van der Waals surface area contributed by atoms with E-state index in [4.69, 9.17) is 23.2 Å². The first-order valence-electron chi connectivity index (χ1n) is 6.26. The zero-order valence-corrected chi connectivity index (χ0v) is 12.6. The fourth-order valence-corrected chi connectivity index (χ4v) is 2.43. The molecule has 0 aliphatic heterocycles. The standard InChI is InChI=1S/C15H9Cl2N3O2/c16-10-3-1-2-4-12(10)20-13(15(21)22)8-11(19-20)9-5-6-18-14(17)7-9/h1-8H,(H,21,22). The average Bonchev–Trinajstić information content (AvgIpc) is 2.93. The summed E-state index contributed by atoms with van der Waals surface area (Å²) in [7, 11) is 0. The van der Waals surface area contributed by atoms with Gasteiger partial charge < -0.3 is 5.11 Å². The molecule has 110 valence electrons. The molecule has 5 nitrogen and oxygen atoms in total. The summed E-state index contributed by atoms with van der Waals surface area (Å²) in [5, 5.41) is 14.4. The minimum Gasteiger partial charge on any atom is -0.477 e. The van der Waals surface area contributed by atoms with Gasteiger partial charge in [0.25, 0.3) is 0 Å². The Morgan fingerprint density at radius 1 is 1.14 bits per heavy atom. The monoisotopic (exact) mass is 333 g/mol. The molecule has 0 amide bonds. The molecule has 2 aromatic heterocycles. The first-order chi connectivity index (χ1) is 10.6. The van der Waals surface area contributed by atoms with Crippen LogP contribution in [-0.2, 0) is 0 Å². The van der Waals surface area contributed by atoms with Crippen molar-refractivity contribution in [2.45, 2.75) is 0 Å². The number of rotatable bonds is 3. The van der Waals surface area contributed by atoms with Crippen LogP contribution in [-0.4, -0.2) is 25.8 Å². The van der Waals surface area contributed by atoms with Crippen LogP contribution in [0.4, 0.5) is 0 Å². The lowest BCUT2D eigenvalue weighted by Crippen LogP contribution is -2.08. The van der Waals surface area contributed by atoms with E-state index in [1.807, 2.05) is 0 Å². The maximum absolute atomic E-state index is 11.5. The number of pyridine rings is 1. The largest absolute Gasteiger partial charge is 0.477 e. The molecule has 0 saturated heterocycles. The molecule has 22 heavy (non-hydrogen) atoms. The van der Waals surface area contributed by atoms with Crippen molar-refractivity contribution >= 4 is 29.2 Å².